The molecule has 4 heteroatoms. The third-order valence-corrected chi connectivity index (χ3v) is 3.68. The van der Waals surface area contributed by atoms with E-state index in [9.17, 15) is 4.79 Å². The van der Waals surface area contributed by atoms with Crippen molar-refractivity contribution in [3.05, 3.63) is 34.9 Å². The Balaban J connectivity index is 1.73. The molecule has 1 aliphatic carbocycles. The Hall–Kier alpha value is -1.06. The highest BCUT2D eigenvalue weighted by molar-refractivity contribution is 6.30. The van der Waals surface area contributed by atoms with E-state index in [1.54, 1.807) is 0 Å². The Labute approximate surface area is 113 Å². The first-order chi connectivity index (χ1) is 8.65. The number of benzene rings is 1. The summed E-state index contributed by atoms with van der Waals surface area (Å²) < 4.78 is 0. The van der Waals surface area contributed by atoms with Crippen LogP contribution in [0, 0.1) is 5.92 Å². The van der Waals surface area contributed by atoms with Crippen molar-refractivity contribution < 1.29 is 4.79 Å². The highest BCUT2D eigenvalue weighted by Crippen LogP contribution is 2.23. The van der Waals surface area contributed by atoms with E-state index >= 15 is 0 Å². The molecule has 1 fully saturated rings. The number of amides is 1. The van der Waals surface area contributed by atoms with Gasteiger partial charge in [0, 0.05) is 23.5 Å². The highest BCUT2D eigenvalue weighted by atomic mass is 35.5. The second kappa shape index (κ2) is 6.21. The number of halogens is 1. The average Bonchev–Trinajstić information content (AvgIpc) is 2.76. The van der Waals surface area contributed by atoms with Crippen molar-refractivity contribution in [1.82, 2.24) is 5.32 Å². The number of rotatable bonds is 4. The molecule has 3 N–H and O–H groups in total. The van der Waals surface area contributed by atoms with Crippen LogP contribution in [0.5, 0.6) is 0 Å². The van der Waals surface area contributed by atoms with E-state index in [1.807, 2.05) is 24.3 Å². The zero-order valence-corrected chi connectivity index (χ0v) is 11.1. The summed E-state index contributed by atoms with van der Waals surface area (Å²) in [4.78, 5) is 11.9. The molecule has 1 aromatic carbocycles. The topological polar surface area (TPSA) is 55.1 Å². The summed E-state index contributed by atoms with van der Waals surface area (Å²) in [6.07, 6.45) is 3.52. The van der Waals surface area contributed by atoms with Crippen molar-refractivity contribution in [2.75, 3.05) is 6.54 Å². The number of hydrogen-bond acceptors (Lipinski definition) is 2. The summed E-state index contributed by atoms with van der Waals surface area (Å²) in [5.41, 5.74) is 6.95. The number of carbonyl (C=O) groups excluding carboxylic acids is 1. The van der Waals surface area contributed by atoms with Gasteiger partial charge < -0.3 is 11.1 Å². The molecular formula is C14H19ClN2O. The number of nitrogens with two attached hydrogens (primary N) is 1. The molecule has 18 heavy (non-hydrogen) atoms. The fraction of sp³-hybridized carbons (Fsp3) is 0.500. The molecule has 0 aliphatic heterocycles. The van der Waals surface area contributed by atoms with Crippen LogP contribution in [0.25, 0.3) is 0 Å². The number of carbonyl (C=O) groups is 1. The molecule has 0 radical (unpaired) electrons. The zero-order valence-electron chi connectivity index (χ0n) is 10.4. The summed E-state index contributed by atoms with van der Waals surface area (Å²) in [7, 11) is 0. The Bertz CT molecular complexity index is 422. The van der Waals surface area contributed by atoms with Gasteiger partial charge in [-0.3, -0.25) is 4.79 Å². The summed E-state index contributed by atoms with van der Waals surface area (Å²) in [5.74, 6) is 0.254. The molecule has 1 aromatic rings. The second-order valence-electron chi connectivity index (χ2n) is 4.94. The summed E-state index contributed by atoms with van der Waals surface area (Å²) in [6.45, 7) is 0.658. The van der Waals surface area contributed by atoms with Crippen LogP contribution in [0.4, 0.5) is 0 Å². The minimum atomic E-state index is 0.111. The van der Waals surface area contributed by atoms with E-state index in [2.05, 4.69) is 5.32 Å². The molecule has 0 heterocycles. The van der Waals surface area contributed by atoms with E-state index in [-0.39, 0.29) is 17.9 Å². The van der Waals surface area contributed by atoms with Gasteiger partial charge in [0.05, 0.1) is 0 Å². The molecule has 1 amide bonds. The SMILES string of the molecule is NC1CCC(C(=O)NCCc2cccc(Cl)c2)C1. The van der Waals surface area contributed by atoms with Gasteiger partial charge in [0.25, 0.3) is 0 Å². The predicted octanol–water partition coefficient (Wildman–Crippen LogP) is 2.13. The smallest absolute Gasteiger partial charge is 0.223 e. The van der Waals surface area contributed by atoms with Crippen LogP contribution in [0.1, 0.15) is 24.8 Å². The third-order valence-electron chi connectivity index (χ3n) is 3.45. The van der Waals surface area contributed by atoms with Gasteiger partial charge in [-0.1, -0.05) is 23.7 Å². The van der Waals surface area contributed by atoms with Gasteiger partial charge in [0.15, 0.2) is 0 Å². The van der Waals surface area contributed by atoms with Crippen LogP contribution >= 0.6 is 11.6 Å². The highest BCUT2D eigenvalue weighted by Gasteiger charge is 2.27. The van der Waals surface area contributed by atoms with Crippen molar-refractivity contribution in [3.63, 3.8) is 0 Å². The average molecular weight is 267 g/mol. The molecule has 98 valence electrons. The molecule has 0 spiro atoms. The van der Waals surface area contributed by atoms with E-state index in [0.717, 1.165) is 36.3 Å². The van der Waals surface area contributed by atoms with Gasteiger partial charge >= 0.3 is 0 Å². The fourth-order valence-corrected chi connectivity index (χ4v) is 2.63. The standard InChI is InChI=1S/C14H19ClN2O/c15-12-3-1-2-10(8-12)6-7-17-14(18)11-4-5-13(16)9-11/h1-3,8,11,13H,4-7,9,16H2,(H,17,18). The summed E-state index contributed by atoms with van der Waals surface area (Å²) in [6, 6.07) is 7.93. The normalized spacial score (nSPS) is 23.0. The van der Waals surface area contributed by atoms with Crippen molar-refractivity contribution in [3.8, 4) is 0 Å². The Morgan fingerprint density at radius 1 is 1.44 bits per heavy atom. The molecule has 1 aliphatic rings. The van der Waals surface area contributed by atoms with Gasteiger partial charge in [-0.25, -0.2) is 0 Å². The van der Waals surface area contributed by atoms with Crippen molar-refractivity contribution in [2.45, 2.75) is 31.7 Å². The minimum Gasteiger partial charge on any atom is -0.356 e. The fourth-order valence-electron chi connectivity index (χ4n) is 2.42. The Kier molecular flexibility index (Phi) is 4.61. The van der Waals surface area contributed by atoms with Crippen LogP contribution in [0.15, 0.2) is 24.3 Å². The molecule has 0 aromatic heterocycles. The Morgan fingerprint density at radius 2 is 2.28 bits per heavy atom. The maximum Gasteiger partial charge on any atom is 0.223 e. The maximum atomic E-state index is 11.9. The van der Waals surface area contributed by atoms with E-state index < -0.39 is 0 Å². The van der Waals surface area contributed by atoms with Gasteiger partial charge in [0.1, 0.15) is 0 Å². The minimum absolute atomic E-state index is 0.111. The molecule has 1 saturated carbocycles. The predicted molar refractivity (Wildman–Crippen MR) is 73.5 cm³/mol. The van der Waals surface area contributed by atoms with Crippen molar-refractivity contribution in [1.29, 1.82) is 0 Å². The van der Waals surface area contributed by atoms with Gasteiger partial charge in [-0.15, -0.1) is 0 Å². The lowest BCUT2D eigenvalue weighted by molar-refractivity contribution is -0.124. The Morgan fingerprint density at radius 3 is 2.94 bits per heavy atom. The quantitative estimate of drug-likeness (QED) is 0.877. The lowest BCUT2D eigenvalue weighted by Crippen LogP contribution is -2.31. The zero-order chi connectivity index (χ0) is 13.0. The van der Waals surface area contributed by atoms with Crippen LogP contribution in [0.2, 0.25) is 5.02 Å². The second-order valence-corrected chi connectivity index (χ2v) is 5.38. The van der Waals surface area contributed by atoms with E-state index in [0.29, 0.717) is 6.54 Å². The van der Waals surface area contributed by atoms with Gasteiger partial charge in [-0.05, 0) is 43.4 Å². The molecular weight excluding hydrogens is 248 g/mol. The van der Waals surface area contributed by atoms with Crippen LogP contribution in [0.3, 0.4) is 0 Å². The largest absolute Gasteiger partial charge is 0.356 e. The van der Waals surface area contributed by atoms with Crippen LogP contribution < -0.4 is 11.1 Å². The first-order valence-electron chi connectivity index (χ1n) is 6.43. The molecule has 2 rings (SSSR count). The molecule has 2 unspecified atom stereocenters. The van der Waals surface area contributed by atoms with Crippen molar-refractivity contribution in [2.24, 2.45) is 11.7 Å². The molecule has 2 atom stereocenters. The van der Waals surface area contributed by atoms with E-state index in [4.69, 9.17) is 17.3 Å². The third kappa shape index (κ3) is 3.72. The van der Waals surface area contributed by atoms with Crippen molar-refractivity contribution >= 4 is 17.5 Å². The summed E-state index contributed by atoms with van der Waals surface area (Å²) in [5, 5.41) is 3.71. The lowest BCUT2D eigenvalue weighted by Gasteiger charge is -2.10. The van der Waals surface area contributed by atoms with Gasteiger partial charge in [-0.2, -0.15) is 0 Å². The number of nitrogens with one attached hydrogen (secondary N) is 1. The monoisotopic (exact) mass is 266 g/mol. The first kappa shape index (κ1) is 13.4. The molecule has 0 saturated heterocycles. The first-order valence-corrected chi connectivity index (χ1v) is 6.80. The molecule has 0 bridgehead atoms. The molecule has 3 nitrogen and oxygen atoms in total. The number of hydrogen-bond donors (Lipinski definition) is 2. The van der Waals surface area contributed by atoms with Crippen LogP contribution in [-0.4, -0.2) is 18.5 Å². The van der Waals surface area contributed by atoms with Gasteiger partial charge in [0.2, 0.25) is 5.91 Å². The maximum absolute atomic E-state index is 11.9. The van der Waals surface area contributed by atoms with E-state index in [1.165, 1.54) is 0 Å². The summed E-state index contributed by atoms with van der Waals surface area (Å²) >= 11 is 5.90. The lowest BCUT2D eigenvalue weighted by atomic mass is 10.1. The van der Waals surface area contributed by atoms with Crippen LogP contribution in [-0.2, 0) is 11.2 Å².